The summed E-state index contributed by atoms with van der Waals surface area (Å²) >= 11 is 0. The molecule has 1 aliphatic rings. The third-order valence-corrected chi connectivity index (χ3v) is 3.36. The minimum Gasteiger partial charge on any atom is -0.383 e. The number of hydrogen-bond acceptors (Lipinski definition) is 3. The number of hydrogen-bond donors (Lipinski definition) is 1. The Kier molecular flexibility index (Phi) is 5.23. The van der Waals surface area contributed by atoms with Gasteiger partial charge in [0.2, 0.25) is 0 Å². The number of methoxy groups -OCH3 is 1. The van der Waals surface area contributed by atoms with E-state index in [-0.39, 0.29) is 0 Å². The highest BCUT2D eigenvalue weighted by Gasteiger charge is 2.21. The molecular weight excluding hydrogens is 228 g/mol. The average molecular weight is 252 g/mol. The molecule has 1 fully saturated rings. The predicted molar refractivity (Wildman–Crippen MR) is 71.6 cm³/mol. The SMILES string of the molecule is COCCNCc1ccn(CC2CCC(C)O2)c1. The average Bonchev–Trinajstić information content (AvgIpc) is 2.95. The van der Waals surface area contributed by atoms with Crippen LogP contribution in [0.25, 0.3) is 0 Å². The maximum atomic E-state index is 5.83. The molecule has 2 atom stereocenters. The summed E-state index contributed by atoms with van der Waals surface area (Å²) < 4.78 is 13.1. The Balaban J connectivity index is 1.72. The number of ether oxygens (including phenoxy) is 2. The first-order valence-corrected chi connectivity index (χ1v) is 6.77. The van der Waals surface area contributed by atoms with Crippen LogP contribution >= 0.6 is 0 Å². The van der Waals surface area contributed by atoms with E-state index in [1.54, 1.807) is 7.11 Å². The Morgan fingerprint density at radius 1 is 1.50 bits per heavy atom. The Labute approximate surface area is 109 Å². The normalized spacial score (nSPS) is 23.7. The molecule has 1 aromatic rings. The Hall–Kier alpha value is -0.840. The van der Waals surface area contributed by atoms with Crippen molar-refractivity contribution in [3.63, 3.8) is 0 Å². The van der Waals surface area contributed by atoms with Crippen molar-refractivity contribution in [2.24, 2.45) is 0 Å². The molecule has 4 nitrogen and oxygen atoms in total. The largest absolute Gasteiger partial charge is 0.383 e. The lowest BCUT2D eigenvalue weighted by Gasteiger charge is -2.11. The minimum absolute atomic E-state index is 0.390. The predicted octanol–water partition coefficient (Wildman–Crippen LogP) is 1.79. The van der Waals surface area contributed by atoms with Crippen LogP contribution in [0.1, 0.15) is 25.3 Å². The summed E-state index contributed by atoms with van der Waals surface area (Å²) in [6.45, 7) is 5.68. The van der Waals surface area contributed by atoms with Gasteiger partial charge in [-0.3, -0.25) is 0 Å². The van der Waals surface area contributed by atoms with Crippen LogP contribution in [-0.2, 0) is 22.6 Å². The maximum Gasteiger partial charge on any atom is 0.0758 e. The van der Waals surface area contributed by atoms with Gasteiger partial charge in [-0.1, -0.05) is 0 Å². The first-order chi connectivity index (χ1) is 8.78. The van der Waals surface area contributed by atoms with Gasteiger partial charge in [0.15, 0.2) is 0 Å². The zero-order chi connectivity index (χ0) is 12.8. The molecule has 1 N–H and O–H groups in total. The zero-order valence-corrected chi connectivity index (χ0v) is 11.4. The highest BCUT2D eigenvalue weighted by Crippen LogP contribution is 2.20. The van der Waals surface area contributed by atoms with Crippen LogP contribution in [0.4, 0.5) is 0 Å². The van der Waals surface area contributed by atoms with Crippen LogP contribution in [0.5, 0.6) is 0 Å². The molecule has 18 heavy (non-hydrogen) atoms. The molecule has 0 aliphatic carbocycles. The van der Waals surface area contributed by atoms with Crippen molar-refractivity contribution in [3.8, 4) is 0 Å². The summed E-state index contributed by atoms with van der Waals surface area (Å²) in [5.41, 5.74) is 1.32. The van der Waals surface area contributed by atoms with E-state index in [1.807, 2.05) is 0 Å². The lowest BCUT2D eigenvalue weighted by Crippen LogP contribution is -2.18. The first kappa shape index (κ1) is 13.6. The lowest BCUT2D eigenvalue weighted by atomic mass is 10.2. The molecule has 0 radical (unpaired) electrons. The molecule has 0 bridgehead atoms. The third kappa shape index (κ3) is 4.12. The molecule has 1 aliphatic heterocycles. The molecule has 2 heterocycles. The molecule has 2 rings (SSSR count). The summed E-state index contributed by atoms with van der Waals surface area (Å²) in [5.74, 6) is 0. The van der Waals surface area contributed by atoms with Crippen LogP contribution in [-0.4, -0.2) is 37.0 Å². The maximum absolute atomic E-state index is 5.83. The molecule has 2 unspecified atom stereocenters. The van der Waals surface area contributed by atoms with Gasteiger partial charge >= 0.3 is 0 Å². The van der Waals surface area contributed by atoms with Crippen molar-refractivity contribution in [3.05, 3.63) is 24.0 Å². The quantitative estimate of drug-likeness (QED) is 0.752. The highest BCUT2D eigenvalue weighted by atomic mass is 16.5. The van der Waals surface area contributed by atoms with E-state index in [4.69, 9.17) is 9.47 Å². The second-order valence-electron chi connectivity index (χ2n) is 5.03. The van der Waals surface area contributed by atoms with Crippen molar-refractivity contribution in [1.82, 2.24) is 9.88 Å². The summed E-state index contributed by atoms with van der Waals surface area (Å²) in [5, 5.41) is 3.35. The first-order valence-electron chi connectivity index (χ1n) is 6.77. The van der Waals surface area contributed by atoms with E-state index in [9.17, 15) is 0 Å². The summed E-state index contributed by atoms with van der Waals surface area (Å²) in [6.07, 6.45) is 7.53. The van der Waals surface area contributed by atoms with Crippen molar-refractivity contribution >= 4 is 0 Å². The smallest absolute Gasteiger partial charge is 0.0758 e. The fourth-order valence-corrected chi connectivity index (χ4v) is 2.37. The van der Waals surface area contributed by atoms with Gasteiger partial charge in [-0.05, 0) is 31.4 Å². The van der Waals surface area contributed by atoms with Crippen LogP contribution in [0.15, 0.2) is 18.5 Å². The number of rotatable bonds is 7. The van der Waals surface area contributed by atoms with Crippen molar-refractivity contribution in [2.45, 2.75) is 45.1 Å². The summed E-state index contributed by atoms with van der Waals surface area (Å²) in [4.78, 5) is 0. The minimum atomic E-state index is 0.390. The fourth-order valence-electron chi connectivity index (χ4n) is 2.37. The lowest BCUT2D eigenvalue weighted by molar-refractivity contribution is 0.0458. The van der Waals surface area contributed by atoms with E-state index in [0.29, 0.717) is 12.2 Å². The van der Waals surface area contributed by atoms with Gasteiger partial charge in [-0.25, -0.2) is 0 Å². The number of nitrogens with one attached hydrogen (secondary N) is 1. The summed E-state index contributed by atoms with van der Waals surface area (Å²) in [6, 6.07) is 2.16. The van der Waals surface area contributed by atoms with E-state index < -0.39 is 0 Å². The molecule has 0 amide bonds. The molecule has 1 aromatic heterocycles. The van der Waals surface area contributed by atoms with E-state index >= 15 is 0 Å². The Morgan fingerprint density at radius 3 is 3.11 bits per heavy atom. The van der Waals surface area contributed by atoms with Crippen LogP contribution in [0.3, 0.4) is 0 Å². The summed E-state index contributed by atoms with van der Waals surface area (Å²) in [7, 11) is 1.72. The van der Waals surface area contributed by atoms with E-state index in [2.05, 4.69) is 35.3 Å². The Bertz CT molecular complexity index is 351. The second kappa shape index (κ2) is 6.92. The molecule has 4 heteroatoms. The van der Waals surface area contributed by atoms with Gasteiger partial charge in [-0.2, -0.15) is 0 Å². The van der Waals surface area contributed by atoms with Gasteiger partial charge in [-0.15, -0.1) is 0 Å². The standard InChI is InChI=1S/C14H24N2O2/c1-12-3-4-14(18-12)11-16-7-5-13(10-16)9-15-6-8-17-2/h5,7,10,12,14-15H,3-4,6,8-9,11H2,1-2H3. The van der Waals surface area contributed by atoms with Crippen molar-refractivity contribution < 1.29 is 9.47 Å². The molecule has 1 saturated heterocycles. The Morgan fingerprint density at radius 2 is 2.39 bits per heavy atom. The molecule has 102 valence electrons. The van der Waals surface area contributed by atoms with Crippen molar-refractivity contribution in [1.29, 1.82) is 0 Å². The molecular formula is C14H24N2O2. The molecule has 0 spiro atoms. The second-order valence-corrected chi connectivity index (χ2v) is 5.03. The van der Waals surface area contributed by atoms with Gasteiger partial charge in [0.25, 0.3) is 0 Å². The van der Waals surface area contributed by atoms with Gasteiger partial charge in [0.1, 0.15) is 0 Å². The molecule has 0 aromatic carbocycles. The van der Waals surface area contributed by atoms with E-state index in [1.165, 1.54) is 18.4 Å². The van der Waals surface area contributed by atoms with Crippen LogP contribution in [0.2, 0.25) is 0 Å². The van der Waals surface area contributed by atoms with Gasteiger partial charge < -0.3 is 19.4 Å². The monoisotopic (exact) mass is 252 g/mol. The third-order valence-electron chi connectivity index (χ3n) is 3.36. The highest BCUT2D eigenvalue weighted by molar-refractivity contribution is 5.10. The van der Waals surface area contributed by atoms with Gasteiger partial charge in [0, 0.05) is 39.1 Å². The topological polar surface area (TPSA) is 35.4 Å². The van der Waals surface area contributed by atoms with E-state index in [0.717, 1.165) is 26.2 Å². The number of aromatic nitrogens is 1. The van der Waals surface area contributed by atoms with Gasteiger partial charge in [0.05, 0.1) is 18.8 Å². The number of nitrogens with zero attached hydrogens (tertiary/aromatic N) is 1. The van der Waals surface area contributed by atoms with Crippen molar-refractivity contribution in [2.75, 3.05) is 20.3 Å². The fraction of sp³-hybridized carbons (Fsp3) is 0.714. The van der Waals surface area contributed by atoms with Crippen LogP contribution < -0.4 is 5.32 Å². The van der Waals surface area contributed by atoms with Crippen LogP contribution in [0, 0.1) is 0 Å². The molecule has 0 saturated carbocycles. The zero-order valence-electron chi connectivity index (χ0n) is 11.4.